The molecule has 0 N–H and O–H groups in total. The fraction of sp³-hybridized carbons (Fsp3) is 1.00. The molecule has 2 aliphatic heterocycles. The van der Waals surface area contributed by atoms with Crippen LogP contribution >= 0.6 is 0 Å². The van der Waals surface area contributed by atoms with Gasteiger partial charge in [0.25, 0.3) is 0 Å². The molecule has 2 aliphatic rings. The van der Waals surface area contributed by atoms with Crippen LogP contribution in [0.4, 0.5) is 0 Å². The van der Waals surface area contributed by atoms with E-state index in [1.807, 2.05) is 0 Å². The van der Waals surface area contributed by atoms with Crippen molar-refractivity contribution in [2.75, 3.05) is 32.7 Å². The van der Waals surface area contributed by atoms with Crippen LogP contribution in [0.1, 0.15) is 47.0 Å². The zero-order valence-corrected chi connectivity index (χ0v) is 12.2. The molecule has 0 radical (unpaired) electrons. The minimum Gasteiger partial charge on any atom is -0.303 e. The lowest BCUT2D eigenvalue weighted by Gasteiger charge is -2.34. The predicted molar refractivity (Wildman–Crippen MR) is 74.3 cm³/mol. The Morgan fingerprint density at radius 2 is 1.65 bits per heavy atom. The van der Waals surface area contributed by atoms with Crippen molar-refractivity contribution in [3.8, 4) is 0 Å². The van der Waals surface area contributed by atoms with Gasteiger partial charge in [-0.15, -0.1) is 0 Å². The van der Waals surface area contributed by atoms with E-state index in [9.17, 15) is 0 Å². The summed E-state index contributed by atoms with van der Waals surface area (Å²) in [5.74, 6) is 1.88. The number of hydrogen-bond donors (Lipinski definition) is 0. The Labute approximate surface area is 107 Å². The molecular weight excluding hydrogens is 208 g/mol. The van der Waals surface area contributed by atoms with E-state index in [0.29, 0.717) is 5.54 Å². The molecule has 100 valence electrons. The van der Waals surface area contributed by atoms with Crippen molar-refractivity contribution in [3.05, 3.63) is 0 Å². The van der Waals surface area contributed by atoms with Gasteiger partial charge in [-0.25, -0.2) is 0 Å². The molecule has 2 fully saturated rings. The monoisotopic (exact) mass is 238 g/mol. The first-order chi connectivity index (χ1) is 7.95. The van der Waals surface area contributed by atoms with Crippen LogP contribution in [0.25, 0.3) is 0 Å². The van der Waals surface area contributed by atoms with E-state index >= 15 is 0 Å². The average molecular weight is 238 g/mol. The molecule has 0 aliphatic carbocycles. The maximum absolute atomic E-state index is 2.71. The molecule has 2 rings (SSSR count). The first kappa shape index (κ1) is 13.4. The average Bonchev–Trinajstić information content (AvgIpc) is 2.69. The van der Waals surface area contributed by atoms with Crippen LogP contribution in [0.2, 0.25) is 0 Å². The van der Waals surface area contributed by atoms with Crippen molar-refractivity contribution in [3.63, 3.8) is 0 Å². The summed E-state index contributed by atoms with van der Waals surface area (Å²) < 4.78 is 0. The van der Waals surface area contributed by atoms with Gasteiger partial charge in [0.1, 0.15) is 0 Å². The molecular formula is C15H30N2. The van der Waals surface area contributed by atoms with Crippen molar-refractivity contribution < 1.29 is 0 Å². The van der Waals surface area contributed by atoms with Gasteiger partial charge in [-0.3, -0.25) is 4.90 Å². The summed E-state index contributed by atoms with van der Waals surface area (Å²) in [6, 6.07) is 0. The van der Waals surface area contributed by atoms with E-state index in [-0.39, 0.29) is 0 Å². The molecule has 2 nitrogen and oxygen atoms in total. The van der Waals surface area contributed by atoms with Gasteiger partial charge in [-0.05, 0) is 71.5 Å². The van der Waals surface area contributed by atoms with Gasteiger partial charge >= 0.3 is 0 Å². The zero-order chi connectivity index (χ0) is 12.5. The molecule has 17 heavy (non-hydrogen) atoms. The molecule has 0 spiro atoms. The largest absolute Gasteiger partial charge is 0.303 e. The Kier molecular flexibility index (Phi) is 4.14. The van der Waals surface area contributed by atoms with Crippen LogP contribution in [0.15, 0.2) is 0 Å². The lowest BCUT2D eigenvalue weighted by molar-refractivity contribution is 0.143. The minimum absolute atomic E-state index is 0.366. The fourth-order valence-corrected chi connectivity index (χ4v) is 3.20. The van der Waals surface area contributed by atoms with Crippen LogP contribution in [-0.2, 0) is 0 Å². The molecule has 0 amide bonds. The van der Waals surface area contributed by atoms with Crippen molar-refractivity contribution in [1.82, 2.24) is 9.80 Å². The van der Waals surface area contributed by atoms with Crippen LogP contribution < -0.4 is 0 Å². The van der Waals surface area contributed by atoms with Crippen LogP contribution in [0.3, 0.4) is 0 Å². The van der Waals surface area contributed by atoms with E-state index in [4.69, 9.17) is 0 Å². The maximum atomic E-state index is 2.71. The van der Waals surface area contributed by atoms with Crippen LogP contribution in [0.5, 0.6) is 0 Å². The Morgan fingerprint density at radius 1 is 1.00 bits per heavy atom. The van der Waals surface area contributed by atoms with Gasteiger partial charge in [0, 0.05) is 18.6 Å². The lowest BCUT2D eigenvalue weighted by Crippen LogP contribution is -2.41. The molecule has 2 heteroatoms. The summed E-state index contributed by atoms with van der Waals surface area (Å²) in [6.07, 6.45) is 4.23. The summed E-state index contributed by atoms with van der Waals surface area (Å²) in [5.41, 5.74) is 0.366. The third kappa shape index (κ3) is 3.69. The number of rotatable bonds is 2. The Morgan fingerprint density at radius 3 is 2.18 bits per heavy atom. The van der Waals surface area contributed by atoms with Gasteiger partial charge in [-0.2, -0.15) is 0 Å². The molecule has 2 heterocycles. The summed E-state index contributed by atoms with van der Waals surface area (Å²) in [5, 5.41) is 0. The first-order valence-corrected chi connectivity index (χ1v) is 7.42. The summed E-state index contributed by atoms with van der Waals surface area (Å²) in [7, 11) is 0. The zero-order valence-electron chi connectivity index (χ0n) is 12.2. The number of likely N-dealkylation sites (tertiary alicyclic amines) is 2. The molecule has 0 bridgehead atoms. The highest BCUT2D eigenvalue weighted by Gasteiger charge is 2.31. The van der Waals surface area contributed by atoms with Gasteiger partial charge in [0.15, 0.2) is 0 Å². The fourth-order valence-electron chi connectivity index (χ4n) is 3.20. The molecule has 0 aromatic rings. The summed E-state index contributed by atoms with van der Waals surface area (Å²) in [6.45, 7) is 16.1. The van der Waals surface area contributed by atoms with Gasteiger partial charge < -0.3 is 4.90 Å². The second kappa shape index (κ2) is 5.27. The van der Waals surface area contributed by atoms with Crippen molar-refractivity contribution >= 4 is 0 Å². The SMILES string of the molecule is CC1CCN(C[C@@H]2CCN(C(C)(C)C)C2)CC1. The van der Waals surface area contributed by atoms with Crippen molar-refractivity contribution in [1.29, 1.82) is 0 Å². The van der Waals surface area contributed by atoms with E-state index < -0.39 is 0 Å². The highest BCUT2D eigenvalue weighted by atomic mass is 15.2. The Bertz CT molecular complexity index is 236. The smallest absolute Gasteiger partial charge is 0.0125 e. The molecule has 0 aromatic heterocycles. The highest BCUT2D eigenvalue weighted by molar-refractivity contribution is 4.86. The van der Waals surface area contributed by atoms with E-state index in [0.717, 1.165) is 11.8 Å². The van der Waals surface area contributed by atoms with Gasteiger partial charge in [0.2, 0.25) is 0 Å². The first-order valence-electron chi connectivity index (χ1n) is 7.42. The second-order valence-electron chi connectivity index (χ2n) is 7.25. The van der Waals surface area contributed by atoms with E-state index in [1.54, 1.807) is 0 Å². The third-order valence-corrected chi connectivity index (χ3v) is 4.63. The Hall–Kier alpha value is -0.0800. The number of piperidine rings is 1. The maximum Gasteiger partial charge on any atom is 0.0125 e. The Balaban J connectivity index is 1.74. The lowest BCUT2D eigenvalue weighted by atomic mass is 9.98. The standard InChI is InChI=1S/C15H30N2/c1-13-5-8-16(9-6-13)11-14-7-10-17(12-14)15(2,3)4/h13-14H,5-12H2,1-4H3/t14-/m0/s1. The predicted octanol–water partition coefficient (Wildman–Crippen LogP) is 2.84. The number of nitrogens with zero attached hydrogens (tertiary/aromatic N) is 2. The summed E-state index contributed by atoms with van der Waals surface area (Å²) >= 11 is 0. The van der Waals surface area contributed by atoms with Crippen LogP contribution in [-0.4, -0.2) is 48.1 Å². The normalized spacial score (nSPS) is 30.0. The van der Waals surface area contributed by atoms with Gasteiger partial charge in [-0.1, -0.05) is 6.92 Å². The van der Waals surface area contributed by atoms with Gasteiger partial charge in [0.05, 0.1) is 0 Å². The molecule has 2 saturated heterocycles. The minimum atomic E-state index is 0.366. The molecule has 0 unspecified atom stereocenters. The quantitative estimate of drug-likeness (QED) is 0.730. The van der Waals surface area contributed by atoms with E-state index in [2.05, 4.69) is 37.5 Å². The summed E-state index contributed by atoms with van der Waals surface area (Å²) in [4.78, 5) is 5.36. The third-order valence-electron chi connectivity index (χ3n) is 4.63. The molecule has 1 atom stereocenters. The molecule has 0 saturated carbocycles. The van der Waals surface area contributed by atoms with Crippen molar-refractivity contribution in [2.45, 2.75) is 52.5 Å². The van der Waals surface area contributed by atoms with E-state index in [1.165, 1.54) is 52.0 Å². The second-order valence-corrected chi connectivity index (χ2v) is 7.25. The topological polar surface area (TPSA) is 6.48 Å². The highest BCUT2D eigenvalue weighted by Crippen LogP contribution is 2.26. The molecule has 0 aromatic carbocycles. The number of hydrogen-bond acceptors (Lipinski definition) is 2. The van der Waals surface area contributed by atoms with Crippen LogP contribution in [0, 0.1) is 11.8 Å². The van der Waals surface area contributed by atoms with Crippen molar-refractivity contribution in [2.24, 2.45) is 11.8 Å².